The van der Waals surface area contributed by atoms with Crippen LogP contribution < -0.4 is 5.32 Å². The Morgan fingerprint density at radius 3 is 2.17 bits per heavy atom. The predicted molar refractivity (Wildman–Crippen MR) is 78.9 cm³/mol. The molecule has 0 spiro atoms. The van der Waals surface area contributed by atoms with Gasteiger partial charge in [-0.25, -0.2) is 0 Å². The van der Waals surface area contributed by atoms with Crippen molar-refractivity contribution in [3.8, 4) is 0 Å². The van der Waals surface area contributed by atoms with Crippen LogP contribution in [0.15, 0.2) is 0 Å². The molecule has 1 N–H and O–H groups in total. The van der Waals surface area contributed by atoms with Crippen molar-refractivity contribution in [3.05, 3.63) is 0 Å². The summed E-state index contributed by atoms with van der Waals surface area (Å²) in [6.45, 7) is 18.0. The minimum atomic E-state index is 0.192. The second-order valence-electron chi connectivity index (χ2n) is 8.29. The zero-order chi connectivity index (χ0) is 14.0. The minimum absolute atomic E-state index is 0.192. The Hall–Kier alpha value is -0.0800. The fourth-order valence-electron chi connectivity index (χ4n) is 2.53. The highest BCUT2D eigenvalue weighted by Crippen LogP contribution is 2.41. The molecule has 2 atom stereocenters. The first-order valence-electron chi connectivity index (χ1n) is 7.41. The lowest BCUT2D eigenvalue weighted by Gasteiger charge is -2.37. The summed E-state index contributed by atoms with van der Waals surface area (Å²) >= 11 is 0. The van der Waals surface area contributed by atoms with E-state index in [1.54, 1.807) is 0 Å². The molecule has 0 aromatic carbocycles. The molecule has 0 aliphatic carbocycles. The molecule has 2 unspecified atom stereocenters. The van der Waals surface area contributed by atoms with Gasteiger partial charge in [0.1, 0.15) is 0 Å². The highest BCUT2D eigenvalue weighted by Gasteiger charge is 2.42. The van der Waals surface area contributed by atoms with Crippen LogP contribution >= 0.6 is 0 Å². The van der Waals surface area contributed by atoms with E-state index >= 15 is 0 Å². The minimum Gasteiger partial charge on any atom is -0.378 e. The lowest BCUT2D eigenvalue weighted by molar-refractivity contribution is 0.0488. The van der Waals surface area contributed by atoms with E-state index < -0.39 is 0 Å². The summed E-state index contributed by atoms with van der Waals surface area (Å²) in [4.78, 5) is 0. The van der Waals surface area contributed by atoms with Crippen LogP contribution in [0.2, 0.25) is 0 Å². The predicted octanol–water partition coefficient (Wildman–Crippen LogP) is 4.00. The molecule has 0 saturated carbocycles. The smallest absolute Gasteiger partial charge is 0.0616 e. The zero-order valence-electron chi connectivity index (χ0n) is 13.5. The molecule has 0 radical (unpaired) electrons. The molecule has 1 heterocycles. The van der Waals surface area contributed by atoms with E-state index in [2.05, 4.69) is 53.8 Å². The maximum absolute atomic E-state index is 5.86. The number of hydrogen-bond donors (Lipinski definition) is 1. The summed E-state index contributed by atoms with van der Waals surface area (Å²) in [5.74, 6) is 0. The first-order valence-corrected chi connectivity index (χ1v) is 7.41. The first kappa shape index (κ1) is 16.0. The van der Waals surface area contributed by atoms with Gasteiger partial charge in [0.25, 0.3) is 0 Å². The van der Waals surface area contributed by atoms with Crippen LogP contribution in [0.3, 0.4) is 0 Å². The third kappa shape index (κ3) is 4.89. The van der Waals surface area contributed by atoms with Crippen molar-refractivity contribution in [3.63, 3.8) is 0 Å². The van der Waals surface area contributed by atoms with Crippen LogP contribution in [0.4, 0.5) is 0 Å². The lowest BCUT2D eigenvalue weighted by atomic mass is 9.73. The van der Waals surface area contributed by atoms with E-state index in [1.165, 1.54) is 19.3 Å². The largest absolute Gasteiger partial charge is 0.378 e. The lowest BCUT2D eigenvalue weighted by Crippen LogP contribution is -2.47. The quantitative estimate of drug-likeness (QED) is 0.820. The van der Waals surface area contributed by atoms with E-state index in [4.69, 9.17) is 4.74 Å². The van der Waals surface area contributed by atoms with E-state index in [0.29, 0.717) is 16.9 Å². The van der Waals surface area contributed by atoms with E-state index in [-0.39, 0.29) is 5.54 Å². The molecule has 2 heteroatoms. The topological polar surface area (TPSA) is 21.3 Å². The SMILES string of the molecule is CC1OCCC1(CCC(C)(C)C)CNC(C)(C)C. The fraction of sp³-hybridized carbons (Fsp3) is 1.00. The van der Waals surface area contributed by atoms with Crippen LogP contribution in [0.5, 0.6) is 0 Å². The molecule has 1 rings (SSSR count). The number of rotatable bonds is 4. The molecule has 1 aliphatic rings. The Morgan fingerprint density at radius 1 is 1.17 bits per heavy atom. The molecule has 2 nitrogen and oxygen atoms in total. The number of ether oxygens (including phenoxy) is 1. The van der Waals surface area contributed by atoms with Gasteiger partial charge in [0.15, 0.2) is 0 Å². The van der Waals surface area contributed by atoms with Gasteiger partial charge in [0, 0.05) is 24.1 Å². The summed E-state index contributed by atoms with van der Waals surface area (Å²) in [5.41, 5.74) is 0.939. The summed E-state index contributed by atoms with van der Waals surface area (Å²) in [6, 6.07) is 0. The Balaban J connectivity index is 2.65. The maximum atomic E-state index is 5.86. The van der Waals surface area contributed by atoms with Gasteiger partial charge in [-0.1, -0.05) is 20.8 Å². The van der Waals surface area contributed by atoms with Gasteiger partial charge in [-0.2, -0.15) is 0 Å². The Labute approximate surface area is 114 Å². The second-order valence-corrected chi connectivity index (χ2v) is 8.29. The first-order chi connectivity index (χ1) is 8.04. The molecule has 18 heavy (non-hydrogen) atoms. The van der Waals surface area contributed by atoms with E-state index in [1.807, 2.05) is 0 Å². The van der Waals surface area contributed by atoms with Gasteiger partial charge >= 0.3 is 0 Å². The highest BCUT2D eigenvalue weighted by molar-refractivity contribution is 4.93. The molecule has 108 valence electrons. The van der Waals surface area contributed by atoms with Crippen molar-refractivity contribution in [2.75, 3.05) is 13.2 Å². The maximum Gasteiger partial charge on any atom is 0.0616 e. The molecule has 0 amide bonds. The summed E-state index contributed by atoms with van der Waals surface area (Å²) < 4.78 is 5.86. The molecule has 0 bridgehead atoms. The average molecular weight is 255 g/mol. The van der Waals surface area contributed by atoms with Crippen molar-refractivity contribution >= 4 is 0 Å². The second kappa shape index (κ2) is 5.50. The van der Waals surface area contributed by atoms with Crippen molar-refractivity contribution in [2.45, 2.75) is 79.4 Å². The van der Waals surface area contributed by atoms with Gasteiger partial charge in [0.05, 0.1) is 6.10 Å². The fourth-order valence-corrected chi connectivity index (χ4v) is 2.53. The Bertz CT molecular complexity index is 241. The average Bonchev–Trinajstić information content (AvgIpc) is 2.53. The summed E-state index contributed by atoms with van der Waals surface area (Å²) in [5, 5.41) is 3.69. The van der Waals surface area contributed by atoms with E-state index in [0.717, 1.165) is 13.2 Å². The third-order valence-corrected chi connectivity index (χ3v) is 4.17. The van der Waals surface area contributed by atoms with E-state index in [9.17, 15) is 0 Å². The van der Waals surface area contributed by atoms with Crippen molar-refractivity contribution < 1.29 is 4.74 Å². The molecule has 0 aromatic rings. The van der Waals surface area contributed by atoms with Crippen LogP contribution in [0.1, 0.15) is 67.7 Å². The number of hydrogen-bond acceptors (Lipinski definition) is 2. The van der Waals surface area contributed by atoms with Crippen LogP contribution in [-0.2, 0) is 4.74 Å². The molecule has 0 aromatic heterocycles. The monoisotopic (exact) mass is 255 g/mol. The molecule has 1 fully saturated rings. The normalized spacial score (nSPS) is 29.8. The molecule has 1 saturated heterocycles. The van der Waals surface area contributed by atoms with Gasteiger partial charge in [0.2, 0.25) is 0 Å². The van der Waals surface area contributed by atoms with Gasteiger partial charge in [-0.3, -0.25) is 0 Å². The summed E-state index contributed by atoms with van der Waals surface area (Å²) in [6.07, 6.45) is 4.12. The standard InChI is InChI=1S/C16H33NO/c1-13-16(10-11-18-13,9-8-14(2,3)4)12-17-15(5,6)7/h13,17H,8-12H2,1-7H3. The van der Waals surface area contributed by atoms with Crippen molar-refractivity contribution in [1.29, 1.82) is 0 Å². The highest BCUT2D eigenvalue weighted by atomic mass is 16.5. The van der Waals surface area contributed by atoms with Crippen molar-refractivity contribution in [2.24, 2.45) is 10.8 Å². The molecular weight excluding hydrogens is 222 g/mol. The van der Waals surface area contributed by atoms with Gasteiger partial charge in [-0.15, -0.1) is 0 Å². The molecule has 1 aliphatic heterocycles. The number of nitrogens with one attached hydrogen (secondary N) is 1. The zero-order valence-corrected chi connectivity index (χ0v) is 13.5. The van der Waals surface area contributed by atoms with Crippen LogP contribution in [0, 0.1) is 10.8 Å². The van der Waals surface area contributed by atoms with Crippen LogP contribution in [-0.4, -0.2) is 24.8 Å². The van der Waals surface area contributed by atoms with Gasteiger partial charge in [-0.05, 0) is 52.4 Å². The third-order valence-electron chi connectivity index (χ3n) is 4.17. The summed E-state index contributed by atoms with van der Waals surface area (Å²) in [7, 11) is 0. The van der Waals surface area contributed by atoms with Gasteiger partial charge < -0.3 is 10.1 Å². The Morgan fingerprint density at radius 2 is 1.78 bits per heavy atom. The Kier molecular flexibility index (Phi) is 4.88. The molecular formula is C16H33NO. The van der Waals surface area contributed by atoms with Crippen LogP contribution in [0.25, 0.3) is 0 Å². The van der Waals surface area contributed by atoms with Crippen molar-refractivity contribution in [1.82, 2.24) is 5.32 Å².